The highest BCUT2D eigenvalue weighted by atomic mass is 16.6. The standard InChI is InChI=1S/C28H42O3/c1-16(2)17(3)7-8-18(4)21-15-25-28(31-25)22-14-24(30)23-13-19(29)9-11-26(23,5)20(22)10-12-27(21,28)6/h7-8,13-14,16-21,24-25,29-30H,9-12,15H2,1-6H3. The summed E-state index contributed by atoms with van der Waals surface area (Å²) in [5.41, 5.74) is 2.36. The van der Waals surface area contributed by atoms with Crippen molar-refractivity contribution in [2.45, 2.75) is 97.6 Å². The summed E-state index contributed by atoms with van der Waals surface area (Å²) < 4.78 is 6.58. The summed E-state index contributed by atoms with van der Waals surface area (Å²) in [5, 5.41) is 21.3. The second kappa shape index (κ2) is 7.05. The average Bonchev–Trinajstić information content (AvgIpc) is 3.38. The number of allylic oxidation sites excluding steroid dienone is 2. The van der Waals surface area contributed by atoms with Crippen LogP contribution in [0, 0.1) is 40.4 Å². The number of ether oxygens (including phenoxy) is 1. The monoisotopic (exact) mass is 426 g/mol. The molecule has 0 aromatic carbocycles. The predicted molar refractivity (Wildman–Crippen MR) is 124 cm³/mol. The third-order valence-electron chi connectivity index (χ3n) is 10.4. The highest BCUT2D eigenvalue weighted by Crippen LogP contribution is 2.75. The topological polar surface area (TPSA) is 53.0 Å². The highest BCUT2D eigenvalue weighted by Gasteiger charge is 2.79. The molecule has 0 aromatic heterocycles. The van der Waals surface area contributed by atoms with Crippen LogP contribution in [0.2, 0.25) is 0 Å². The van der Waals surface area contributed by atoms with Gasteiger partial charge in [0, 0.05) is 5.41 Å². The van der Waals surface area contributed by atoms with E-state index in [2.05, 4.69) is 59.8 Å². The van der Waals surface area contributed by atoms with Gasteiger partial charge in [0.15, 0.2) is 0 Å². The third-order valence-corrected chi connectivity index (χ3v) is 10.4. The molecular weight excluding hydrogens is 384 g/mol. The second-order valence-corrected chi connectivity index (χ2v) is 12.3. The fourth-order valence-electron chi connectivity index (χ4n) is 8.03. The van der Waals surface area contributed by atoms with Crippen molar-refractivity contribution in [3.63, 3.8) is 0 Å². The first kappa shape index (κ1) is 21.9. The molecule has 172 valence electrons. The van der Waals surface area contributed by atoms with Gasteiger partial charge in [-0.1, -0.05) is 59.8 Å². The molecule has 0 aromatic rings. The van der Waals surface area contributed by atoms with E-state index in [-0.39, 0.29) is 16.4 Å². The normalized spacial score (nSPS) is 50.2. The molecule has 2 N–H and O–H groups in total. The Bertz CT molecular complexity index is 839. The molecule has 1 heterocycles. The van der Waals surface area contributed by atoms with Gasteiger partial charge in [-0.2, -0.15) is 0 Å². The molecular formula is C28H42O3. The van der Waals surface area contributed by atoms with Gasteiger partial charge in [-0.15, -0.1) is 0 Å². The van der Waals surface area contributed by atoms with Crippen LogP contribution in [-0.4, -0.2) is 34.1 Å². The lowest BCUT2D eigenvalue weighted by molar-refractivity contribution is -0.0149. The van der Waals surface area contributed by atoms with Crippen molar-refractivity contribution >= 4 is 0 Å². The Hall–Kier alpha value is -0.900. The fourth-order valence-corrected chi connectivity index (χ4v) is 8.03. The SMILES string of the molecule is CC(C)C(C)C=CC(C)C1CC2OC23C2=CC(O)C4=CC(O)CCC4(C)C2CCC13C. The maximum atomic E-state index is 11.1. The van der Waals surface area contributed by atoms with Gasteiger partial charge in [0.2, 0.25) is 0 Å². The first-order valence-electron chi connectivity index (χ1n) is 12.7. The third kappa shape index (κ3) is 2.88. The van der Waals surface area contributed by atoms with E-state index in [9.17, 15) is 10.2 Å². The molecule has 3 fully saturated rings. The van der Waals surface area contributed by atoms with Gasteiger partial charge < -0.3 is 14.9 Å². The molecule has 1 aliphatic heterocycles. The molecule has 5 rings (SSSR count). The van der Waals surface area contributed by atoms with E-state index in [0.29, 0.717) is 35.7 Å². The lowest BCUT2D eigenvalue weighted by Gasteiger charge is -2.56. The average molecular weight is 427 g/mol. The van der Waals surface area contributed by atoms with Crippen LogP contribution < -0.4 is 0 Å². The van der Waals surface area contributed by atoms with Crippen LogP contribution in [0.25, 0.3) is 0 Å². The number of aliphatic hydroxyl groups is 2. The summed E-state index contributed by atoms with van der Waals surface area (Å²) in [6.45, 7) is 14.1. The van der Waals surface area contributed by atoms with E-state index >= 15 is 0 Å². The van der Waals surface area contributed by atoms with Crippen molar-refractivity contribution in [1.29, 1.82) is 0 Å². The summed E-state index contributed by atoms with van der Waals surface area (Å²) in [5.74, 6) is 2.88. The molecule has 3 heteroatoms. The Labute approximate surface area is 188 Å². The number of fused-ring (bicyclic) bond motifs is 3. The van der Waals surface area contributed by atoms with Gasteiger partial charge in [0.1, 0.15) is 5.60 Å². The first-order valence-corrected chi connectivity index (χ1v) is 12.7. The Morgan fingerprint density at radius 1 is 1.00 bits per heavy atom. The van der Waals surface area contributed by atoms with Crippen LogP contribution in [0.3, 0.4) is 0 Å². The van der Waals surface area contributed by atoms with Gasteiger partial charge in [-0.3, -0.25) is 0 Å². The second-order valence-electron chi connectivity index (χ2n) is 12.3. The van der Waals surface area contributed by atoms with Gasteiger partial charge in [-0.05, 0) is 84.3 Å². The number of rotatable bonds is 4. The Morgan fingerprint density at radius 2 is 1.74 bits per heavy atom. The van der Waals surface area contributed by atoms with Crippen molar-refractivity contribution in [3.8, 4) is 0 Å². The van der Waals surface area contributed by atoms with Crippen LogP contribution in [0.4, 0.5) is 0 Å². The van der Waals surface area contributed by atoms with Gasteiger partial charge in [0.25, 0.3) is 0 Å². The summed E-state index contributed by atoms with van der Waals surface area (Å²) in [7, 11) is 0. The van der Waals surface area contributed by atoms with Crippen molar-refractivity contribution < 1.29 is 14.9 Å². The van der Waals surface area contributed by atoms with Crippen molar-refractivity contribution in [2.75, 3.05) is 0 Å². The molecule has 4 aliphatic carbocycles. The molecule has 10 unspecified atom stereocenters. The molecule has 5 aliphatic rings. The van der Waals surface area contributed by atoms with Gasteiger partial charge in [-0.25, -0.2) is 0 Å². The smallest absolute Gasteiger partial charge is 0.122 e. The lowest BCUT2D eigenvalue weighted by atomic mass is 9.48. The number of hydrogen-bond acceptors (Lipinski definition) is 3. The maximum absolute atomic E-state index is 11.1. The van der Waals surface area contributed by atoms with Crippen molar-refractivity contribution in [2.24, 2.45) is 40.4 Å². The zero-order valence-corrected chi connectivity index (χ0v) is 20.3. The van der Waals surface area contributed by atoms with Crippen LogP contribution in [0.1, 0.15) is 73.6 Å². The van der Waals surface area contributed by atoms with E-state index in [0.717, 1.165) is 31.3 Å². The largest absolute Gasteiger partial charge is 0.389 e. The minimum atomic E-state index is -0.587. The lowest BCUT2D eigenvalue weighted by Crippen LogP contribution is -2.53. The predicted octanol–water partition coefficient (Wildman–Crippen LogP) is 5.43. The minimum absolute atomic E-state index is 0.0500. The van der Waals surface area contributed by atoms with Crippen molar-refractivity contribution in [1.82, 2.24) is 0 Å². The summed E-state index contributed by atoms with van der Waals surface area (Å²) >= 11 is 0. The first-order chi connectivity index (χ1) is 14.5. The van der Waals surface area contributed by atoms with E-state index in [1.807, 2.05) is 6.08 Å². The molecule has 3 nitrogen and oxygen atoms in total. The molecule has 0 amide bonds. The molecule has 1 spiro atoms. The maximum Gasteiger partial charge on any atom is 0.122 e. The highest BCUT2D eigenvalue weighted by molar-refractivity contribution is 5.48. The molecule has 1 saturated heterocycles. The Morgan fingerprint density at radius 3 is 2.45 bits per heavy atom. The van der Waals surface area contributed by atoms with E-state index in [1.54, 1.807) is 0 Å². The minimum Gasteiger partial charge on any atom is -0.389 e. The molecule has 31 heavy (non-hydrogen) atoms. The zero-order valence-electron chi connectivity index (χ0n) is 20.3. The molecule has 0 radical (unpaired) electrons. The molecule has 10 atom stereocenters. The number of epoxide rings is 1. The van der Waals surface area contributed by atoms with Gasteiger partial charge in [0.05, 0.1) is 18.3 Å². The Balaban J connectivity index is 1.47. The number of aliphatic hydroxyl groups excluding tert-OH is 2. The zero-order chi connectivity index (χ0) is 22.3. The molecule has 0 bridgehead atoms. The Kier molecular flexibility index (Phi) is 4.98. The molecule has 2 saturated carbocycles. The summed E-state index contributed by atoms with van der Waals surface area (Å²) in [6, 6.07) is 0. The van der Waals surface area contributed by atoms with Crippen LogP contribution in [0.15, 0.2) is 35.5 Å². The van der Waals surface area contributed by atoms with Crippen LogP contribution >= 0.6 is 0 Å². The van der Waals surface area contributed by atoms with Crippen LogP contribution in [0.5, 0.6) is 0 Å². The summed E-state index contributed by atoms with van der Waals surface area (Å²) in [6.07, 6.45) is 13.5. The summed E-state index contributed by atoms with van der Waals surface area (Å²) in [4.78, 5) is 0. The van der Waals surface area contributed by atoms with E-state index in [4.69, 9.17) is 4.74 Å². The van der Waals surface area contributed by atoms with Gasteiger partial charge >= 0.3 is 0 Å². The number of hydrogen-bond donors (Lipinski definition) is 2. The quantitative estimate of drug-likeness (QED) is 0.465. The van der Waals surface area contributed by atoms with E-state index in [1.165, 1.54) is 12.0 Å². The van der Waals surface area contributed by atoms with Crippen LogP contribution in [-0.2, 0) is 4.74 Å². The van der Waals surface area contributed by atoms with Crippen molar-refractivity contribution in [3.05, 3.63) is 35.5 Å². The van der Waals surface area contributed by atoms with E-state index < -0.39 is 12.2 Å². The fraction of sp³-hybridized carbons (Fsp3) is 0.786.